The van der Waals surface area contributed by atoms with Gasteiger partial charge in [0.25, 0.3) is 0 Å². The van der Waals surface area contributed by atoms with Crippen LogP contribution in [0.25, 0.3) is 0 Å². The lowest BCUT2D eigenvalue weighted by Gasteiger charge is -2.37. The average Bonchev–Trinajstić information content (AvgIpc) is 2.46. The Hall–Kier alpha value is -0.735. The Morgan fingerprint density at radius 3 is 2.27 bits per heavy atom. The summed E-state index contributed by atoms with van der Waals surface area (Å²) in [5.74, 6) is 0.870. The van der Waals surface area contributed by atoms with Crippen LogP contribution in [-0.2, 0) is 4.65 Å². The van der Waals surface area contributed by atoms with Gasteiger partial charge in [-0.25, -0.2) is 0 Å². The molecule has 0 spiro atoms. The molecular formula is C11H19BO3. The van der Waals surface area contributed by atoms with E-state index in [1.807, 2.05) is 32.9 Å². The van der Waals surface area contributed by atoms with Gasteiger partial charge in [0.15, 0.2) is 0 Å². The minimum Gasteiger partial charge on any atom is -0.474 e. The van der Waals surface area contributed by atoms with Gasteiger partial charge >= 0.3 is 7.48 Å². The van der Waals surface area contributed by atoms with Crippen molar-refractivity contribution in [2.24, 2.45) is 0 Å². The molecule has 4 heteroatoms. The van der Waals surface area contributed by atoms with Gasteiger partial charge in [0.05, 0.1) is 22.6 Å². The number of furan rings is 1. The van der Waals surface area contributed by atoms with Crippen molar-refractivity contribution in [1.29, 1.82) is 0 Å². The van der Waals surface area contributed by atoms with E-state index in [-0.39, 0.29) is 0 Å². The van der Waals surface area contributed by atoms with E-state index in [1.54, 1.807) is 13.8 Å². The van der Waals surface area contributed by atoms with E-state index < -0.39 is 11.2 Å². The summed E-state index contributed by atoms with van der Waals surface area (Å²) in [6.07, 6.45) is 0. The van der Waals surface area contributed by atoms with Gasteiger partial charge in [0, 0.05) is 0 Å². The van der Waals surface area contributed by atoms with Crippen LogP contribution in [0.3, 0.4) is 0 Å². The van der Waals surface area contributed by atoms with Gasteiger partial charge in [0.1, 0.15) is 0 Å². The molecule has 0 bridgehead atoms. The molecule has 84 valence electrons. The Morgan fingerprint density at radius 1 is 1.27 bits per heavy atom. The van der Waals surface area contributed by atoms with Crippen molar-refractivity contribution in [1.82, 2.24) is 0 Å². The second-order valence-electron chi connectivity index (χ2n) is 4.87. The van der Waals surface area contributed by atoms with Crippen LogP contribution >= 0.6 is 0 Å². The largest absolute Gasteiger partial charge is 0.474 e. The SMILES string of the molecule is Cc1ccc(BOC(C)(C)C(C)(C)O)o1. The quantitative estimate of drug-likeness (QED) is 0.757. The molecule has 1 N–H and O–H groups in total. The second kappa shape index (κ2) is 4.03. The number of aliphatic hydroxyl groups is 1. The summed E-state index contributed by atoms with van der Waals surface area (Å²) in [5.41, 5.74) is -0.702. The minimum atomic E-state index is -0.880. The smallest absolute Gasteiger partial charge is 0.350 e. The van der Waals surface area contributed by atoms with Crippen molar-refractivity contribution in [3.05, 3.63) is 17.9 Å². The maximum absolute atomic E-state index is 9.87. The van der Waals surface area contributed by atoms with Gasteiger partial charge in [0.2, 0.25) is 0 Å². The summed E-state index contributed by atoms with van der Waals surface area (Å²) >= 11 is 0. The third-order valence-electron chi connectivity index (χ3n) is 2.84. The first kappa shape index (κ1) is 12.3. The maximum Gasteiger partial charge on any atom is 0.350 e. The van der Waals surface area contributed by atoms with Crippen molar-refractivity contribution in [3.63, 3.8) is 0 Å². The first-order valence-corrected chi connectivity index (χ1v) is 5.14. The first-order chi connectivity index (χ1) is 6.72. The van der Waals surface area contributed by atoms with Gasteiger partial charge in [-0.3, -0.25) is 0 Å². The lowest BCUT2D eigenvalue weighted by atomic mass is 9.85. The molecule has 15 heavy (non-hydrogen) atoms. The highest BCUT2D eigenvalue weighted by molar-refractivity contribution is 6.45. The third kappa shape index (κ3) is 3.11. The van der Waals surface area contributed by atoms with Crippen LogP contribution in [0.5, 0.6) is 0 Å². The van der Waals surface area contributed by atoms with Crippen molar-refractivity contribution in [3.8, 4) is 0 Å². The van der Waals surface area contributed by atoms with Crippen molar-refractivity contribution in [2.45, 2.75) is 45.8 Å². The summed E-state index contributed by atoms with van der Waals surface area (Å²) in [6, 6.07) is 3.78. The molecule has 0 saturated heterocycles. The van der Waals surface area contributed by atoms with E-state index in [2.05, 4.69) is 0 Å². The normalized spacial score (nSPS) is 12.9. The standard InChI is InChI=1S/C11H19BO3/c1-8-6-7-9(14-8)12-15-11(4,5)10(2,3)13/h6-7,12-13H,1-5H3. The van der Waals surface area contributed by atoms with Crippen LogP contribution in [0.4, 0.5) is 0 Å². The molecule has 3 nitrogen and oxygen atoms in total. The Labute approximate surface area is 91.7 Å². The highest BCUT2D eigenvalue weighted by atomic mass is 16.5. The summed E-state index contributed by atoms with van der Waals surface area (Å²) in [4.78, 5) is 0. The fraction of sp³-hybridized carbons (Fsp3) is 0.636. The fourth-order valence-corrected chi connectivity index (χ4v) is 0.991. The zero-order valence-electron chi connectivity index (χ0n) is 10.1. The number of hydrogen-bond donors (Lipinski definition) is 1. The van der Waals surface area contributed by atoms with Crippen LogP contribution in [0.2, 0.25) is 0 Å². The van der Waals surface area contributed by atoms with Crippen molar-refractivity contribution >= 4 is 13.1 Å². The Kier molecular flexibility index (Phi) is 3.31. The van der Waals surface area contributed by atoms with E-state index in [9.17, 15) is 5.11 Å². The van der Waals surface area contributed by atoms with Gasteiger partial charge < -0.3 is 14.2 Å². The van der Waals surface area contributed by atoms with Crippen LogP contribution in [0.1, 0.15) is 33.5 Å². The molecule has 0 saturated carbocycles. The molecule has 0 amide bonds. The molecule has 1 rings (SSSR count). The Balaban J connectivity index is 2.57. The van der Waals surface area contributed by atoms with E-state index in [0.717, 1.165) is 11.4 Å². The third-order valence-corrected chi connectivity index (χ3v) is 2.84. The maximum atomic E-state index is 9.87. The molecular weight excluding hydrogens is 191 g/mol. The summed E-state index contributed by atoms with van der Waals surface area (Å²) in [5, 5.41) is 9.87. The number of rotatable bonds is 4. The predicted octanol–water partition coefficient (Wildman–Crippen LogP) is 1.13. The summed E-state index contributed by atoms with van der Waals surface area (Å²) < 4.78 is 11.0. The van der Waals surface area contributed by atoms with Crippen LogP contribution in [0.15, 0.2) is 16.5 Å². The predicted molar refractivity (Wildman–Crippen MR) is 61.7 cm³/mol. The monoisotopic (exact) mass is 210 g/mol. The van der Waals surface area contributed by atoms with E-state index in [4.69, 9.17) is 9.07 Å². The van der Waals surface area contributed by atoms with Gasteiger partial charge in [-0.05, 0) is 46.8 Å². The van der Waals surface area contributed by atoms with Crippen LogP contribution in [0, 0.1) is 6.92 Å². The Morgan fingerprint density at radius 2 is 1.87 bits per heavy atom. The first-order valence-electron chi connectivity index (χ1n) is 5.14. The highest BCUT2D eigenvalue weighted by Gasteiger charge is 2.35. The number of hydrogen-bond acceptors (Lipinski definition) is 3. The molecule has 1 heterocycles. The molecule has 1 aromatic rings. The minimum absolute atomic E-state index is 0.380. The molecule has 0 aliphatic carbocycles. The summed E-state index contributed by atoms with van der Waals surface area (Å²) in [7, 11) is 0.380. The van der Waals surface area contributed by atoms with Gasteiger partial charge in [-0.1, -0.05) is 0 Å². The second-order valence-corrected chi connectivity index (χ2v) is 4.87. The highest BCUT2D eigenvalue weighted by Crippen LogP contribution is 2.24. The van der Waals surface area contributed by atoms with Crippen LogP contribution in [-0.4, -0.2) is 23.8 Å². The summed E-state index contributed by atoms with van der Waals surface area (Å²) in [6.45, 7) is 9.09. The molecule has 0 unspecified atom stereocenters. The number of aryl methyl sites for hydroxylation is 1. The molecule has 0 aliphatic rings. The average molecular weight is 210 g/mol. The molecule has 1 aromatic heterocycles. The molecule has 0 aromatic carbocycles. The zero-order chi connectivity index (χ0) is 11.7. The lowest BCUT2D eigenvalue weighted by Crippen LogP contribution is -2.49. The van der Waals surface area contributed by atoms with Gasteiger partial charge in [-0.2, -0.15) is 0 Å². The van der Waals surface area contributed by atoms with E-state index in [1.165, 1.54) is 0 Å². The Bertz CT molecular complexity index is 323. The zero-order valence-corrected chi connectivity index (χ0v) is 10.1. The molecule has 0 fully saturated rings. The van der Waals surface area contributed by atoms with Gasteiger partial charge in [-0.15, -0.1) is 0 Å². The fourth-order valence-electron chi connectivity index (χ4n) is 0.991. The van der Waals surface area contributed by atoms with Crippen molar-refractivity contribution < 1.29 is 14.2 Å². The molecule has 0 radical (unpaired) electrons. The topological polar surface area (TPSA) is 42.6 Å². The lowest BCUT2D eigenvalue weighted by molar-refractivity contribution is -0.0895. The van der Waals surface area contributed by atoms with Crippen molar-refractivity contribution in [2.75, 3.05) is 0 Å². The van der Waals surface area contributed by atoms with E-state index >= 15 is 0 Å². The molecule has 0 atom stereocenters. The molecule has 0 aliphatic heterocycles. The van der Waals surface area contributed by atoms with Crippen LogP contribution < -0.4 is 5.66 Å². The van der Waals surface area contributed by atoms with E-state index in [0.29, 0.717) is 7.48 Å².